The van der Waals surface area contributed by atoms with Gasteiger partial charge in [0.05, 0.1) is 5.69 Å². The molecule has 0 aromatic carbocycles. The maximum atomic E-state index is 4.60. The summed E-state index contributed by atoms with van der Waals surface area (Å²) < 4.78 is 0. The van der Waals surface area contributed by atoms with Gasteiger partial charge in [-0.05, 0) is 30.0 Å². The molecule has 0 unspecified atom stereocenters. The van der Waals surface area contributed by atoms with Gasteiger partial charge in [0.1, 0.15) is 0 Å². The van der Waals surface area contributed by atoms with Gasteiger partial charge in [-0.3, -0.25) is 4.98 Å². The van der Waals surface area contributed by atoms with Crippen molar-refractivity contribution in [1.82, 2.24) is 30.6 Å². The Labute approximate surface area is 131 Å². The Kier molecular flexibility index (Phi) is 3.37. The molecule has 1 fully saturated rings. The minimum absolute atomic E-state index is 0.512. The SMILES string of the molecule is C(#Cc1nc(C2CCC2)cs1)c1cncc(-c2nn[nH]n2)c1. The molecule has 0 bridgehead atoms. The third-order valence-electron chi connectivity index (χ3n) is 3.70. The first-order valence-electron chi connectivity index (χ1n) is 7.05. The lowest BCUT2D eigenvalue weighted by Gasteiger charge is -2.22. The van der Waals surface area contributed by atoms with Gasteiger partial charge in [0.2, 0.25) is 5.82 Å². The number of nitrogens with one attached hydrogen (secondary N) is 1. The second-order valence-corrected chi connectivity index (χ2v) is 6.01. The van der Waals surface area contributed by atoms with Crippen molar-refractivity contribution in [2.24, 2.45) is 0 Å². The van der Waals surface area contributed by atoms with E-state index in [1.165, 1.54) is 25.0 Å². The molecule has 3 heterocycles. The Bertz CT molecular complexity index is 838. The van der Waals surface area contributed by atoms with Crippen molar-refractivity contribution in [3.8, 4) is 23.2 Å². The molecule has 0 atom stereocenters. The summed E-state index contributed by atoms with van der Waals surface area (Å²) in [5, 5.41) is 16.8. The Morgan fingerprint density at radius 2 is 2.18 bits per heavy atom. The Hall–Kier alpha value is -2.59. The van der Waals surface area contributed by atoms with Crippen LogP contribution in [0.2, 0.25) is 0 Å². The van der Waals surface area contributed by atoms with Gasteiger partial charge >= 0.3 is 0 Å². The molecule has 1 aliphatic rings. The van der Waals surface area contributed by atoms with E-state index in [4.69, 9.17) is 0 Å². The Morgan fingerprint density at radius 3 is 2.95 bits per heavy atom. The summed E-state index contributed by atoms with van der Waals surface area (Å²) in [7, 11) is 0. The second-order valence-electron chi connectivity index (χ2n) is 5.15. The van der Waals surface area contributed by atoms with Crippen molar-refractivity contribution in [2.45, 2.75) is 25.2 Å². The standard InChI is InChI=1S/C15H12N6S/c1-2-11(3-1)13-9-22-14(17-13)5-4-10-6-12(8-16-7-10)15-18-20-21-19-15/h6-9,11H,1-3H2,(H,18,19,20,21). The fraction of sp³-hybridized carbons (Fsp3) is 0.267. The van der Waals surface area contributed by atoms with Crippen LogP contribution in [0.4, 0.5) is 0 Å². The molecule has 0 saturated heterocycles. The molecule has 0 aliphatic heterocycles. The maximum Gasteiger partial charge on any atom is 0.206 e. The maximum absolute atomic E-state index is 4.60. The molecule has 1 N–H and O–H groups in total. The molecule has 3 aromatic rings. The van der Waals surface area contributed by atoms with E-state index in [0.29, 0.717) is 11.7 Å². The first kappa shape index (κ1) is 13.1. The van der Waals surface area contributed by atoms with Gasteiger partial charge in [0.15, 0.2) is 5.01 Å². The third-order valence-corrected chi connectivity index (χ3v) is 4.48. The zero-order chi connectivity index (χ0) is 14.8. The zero-order valence-corrected chi connectivity index (χ0v) is 12.5. The number of tetrazole rings is 1. The van der Waals surface area contributed by atoms with E-state index >= 15 is 0 Å². The van der Waals surface area contributed by atoms with Gasteiger partial charge in [-0.2, -0.15) is 5.21 Å². The molecule has 0 amide bonds. The summed E-state index contributed by atoms with van der Waals surface area (Å²) in [5.41, 5.74) is 2.79. The van der Waals surface area contributed by atoms with Crippen LogP contribution in [0.1, 0.15) is 41.4 Å². The summed E-state index contributed by atoms with van der Waals surface area (Å²) in [5.74, 6) is 7.37. The van der Waals surface area contributed by atoms with Gasteiger partial charge < -0.3 is 0 Å². The van der Waals surface area contributed by atoms with Gasteiger partial charge in [0.25, 0.3) is 0 Å². The highest BCUT2D eigenvalue weighted by molar-refractivity contribution is 7.10. The van der Waals surface area contributed by atoms with Gasteiger partial charge in [-0.15, -0.1) is 21.5 Å². The Balaban J connectivity index is 1.56. The molecule has 0 spiro atoms. The van der Waals surface area contributed by atoms with E-state index in [1.54, 1.807) is 23.7 Å². The molecule has 3 aromatic heterocycles. The molecule has 6 nitrogen and oxygen atoms in total. The van der Waals surface area contributed by atoms with E-state index in [0.717, 1.165) is 16.1 Å². The third kappa shape index (κ3) is 2.61. The van der Waals surface area contributed by atoms with Crippen molar-refractivity contribution in [2.75, 3.05) is 0 Å². The summed E-state index contributed by atoms with van der Waals surface area (Å²) in [6, 6.07) is 1.89. The quantitative estimate of drug-likeness (QED) is 0.735. The van der Waals surface area contributed by atoms with Crippen LogP contribution < -0.4 is 0 Å². The first-order valence-corrected chi connectivity index (χ1v) is 7.93. The summed E-state index contributed by atoms with van der Waals surface area (Å²) in [6.07, 6.45) is 7.24. The molecule has 108 valence electrons. The first-order chi connectivity index (χ1) is 10.9. The molecule has 0 radical (unpaired) electrons. The van der Waals surface area contributed by atoms with Crippen LogP contribution in [-0.4, -0.2) is 30.6 Å². The number of thiazole rings is 1. The Morgan fingerprint density at radius 1 is 1.23 bits per heavy atom. The average Bonchev–Trinajstić information content (AvgIpc) is 3.15. The fourth-order valence-electron chi connectivity index (χ4n) is 2.28. The predicted molar refractivity (Wildman–Crippen MR) is 82.1 cm³/mol. The topological polar surface area (TPSA) is 80.2 Å². The van der Waals surface area contributed by atoms with E-state index in [9.17, 15) is 0 Å². The van der Waals surface area contributed by atoms with Gasteiger partial charge in [-0.1, -0.05) is 12.3 Å². The molecule has 7 heteroatoms. The van der Waals surface area contributed by atoms with E-state index in [2.05, 4.69) is 47.8 Å². The number of rotatable bonds is 2. The van der Waals surface area contributed by atoms with Gasteiger partial charge in [0, 0.05) is 34.8 Å². The van der Waals surface area contributed by atoms with Crippen molar-refractivity contribution < 1.29 is 0 Å². The van der Waals surface area contributed by atoms with Crippen LogP contribution in [-0.2, 0) is 0 Å². The highest BCUT2D eigenvalue weighted by Gasteiger charge is 2.21. The van der Waals surface area contributed by atoms with E-state index in [-0.39, 0.29) is 0 Å². The minimum Gasteiger partial charge on any atom is -0.263 e. The largest absolute Gasteiger partial charge is 0.263 e. The monoisotopic (exact) mass is 308 g/mol. The molecule has 4 rings (SSSR count). The molecule has 22 heavy (non-hydrogen) atoms. The van der Waals surface area contributed by atoms with Gasteiger partial charge in [-0.25, -0.2) is 4.98 Å². The highest BCUT2D eigenvalue weighted by Crippen LogP contribution is 2.36. The number of pyridine rings is 1. The lowest BCUT2D eigenvalue weighted by molar-refractivity contribution is 0.412. The average molecular weight is 308 g/mol. The van der Waals surface area contributed by atoms with E-state index < -0.39 is 0 Å². The van der Waals surface area contributed by atoms with Crippen LogP contribution in [0.3, 0.4) is 0 Å². The van der Waals surface area contributed by atoms with Crippen molar-refractivity contribution in [1.29, 1.82) is 0 Å². The number of H-pyrrole nitrogens is 1. The number of aromatic nitrogens is 6. The smallest absolute Gasteiger partial charge is 0.206 e. The molecule has 1 saturated carbocycles. The normalized spacial score (nSPS) is 14.2. The van der Waals surface area contributed by atoms with Crippen LogP contribution in [0.5, 0.6) is 0 Å². The number of hydrogen-bond donors (Lipinski definition) is 1. The summed E-state index contributed by atoms with van der Waals surface area (Å²) in [6.45, 7) is 0. The second kappa shape index (κ2) is 5.66. The molecular weight excluding hydrogens is 296 g/mol. The van der Waals surface area contributed by atoms with Crippen molar-refractivity contribution >= 4 is 11.3 Å². The summed E-state index contributed by atoms with van der Waals surface area (Å²) >= 11 is 1.60. The molecular formula is C15H12N6S. The minimum atomic E-state index is 0.512. The number of nitrogens with zero attached hydrogens (tertiary/aromatic N) is 5. The summed E-state index contributed by atoms with van der Waals surface area (Å²) in [4.78, 5) is 8.77. The zero-order valence-electron chi connectivity index (χ0n) is 11.7. The van der Waals surface area contributed by atoms with Crippen molar-refractivity contribution in [3.63, 3.8) is 0 Å². The van der Waals surface area contributed by atoms with Crippen LogP contribution >= 0.6 is 11.3 Å². The fourth-order valence-corrected chi connectivity index (χ4v) is 3.02. The predicted octanol–water partition coefficient (Wildman–Crippen LogP) is 2.39. The lowest BCUT2D eigenvalue weighted by atomic mass is 9.83. The van der Waals surface area contributed by atoms with Crippen LogP contribution in [0.15, 0.2) is 23.8 Å². The lowest BCUT2D eigenvalue weighted by Crippen LogP contribution is -2.08. The van der Waals surface area contributed by atoms with Crippen LogP contribution in [0.25, 0.3) is 11.4 Å². The number of aromatic amines is 1. The number of hydrogen-bond acceptors (Lipinski definition) is 6. The van der Waals surface area contributed by atoms with Crippen molar-refractivity contribution in [3.05, 3.63) is 40.1 Å². The highest BCUT2D eigenvalue weighted by atomic mass is 32.1. The van der Waals surface area contributed by atoms with E-state index in [1.807, 2.05) is 6.07 Å². The molecule has 1 aliphatic carbocycles. The van der Waals surface area contributed by atoms with Crippen LogP contribution in [0, 0.1) is 11.8 Å².